The van der Waals surface area contributed by atoms with Crippen LogP contribution in [0, 0.1) is 0 Å². The van der Waals surface area contributed by atoms with Gasteiger partial charge >= 0.3 is 12.1 Å². The predicted molar refractivity (Wildman–Crippen MR) is 160 cm³/mol. The first-order valence-corrected chi connectivity index (χ1v) is 15.9. The van der Waals surface area contributed by atoms with Crippen LogP contribution in [0.3, 0.4) is 0 Å². The number of thiazole rings is 1. The second-order valence-corrected chi connectivity index (χ2v) is 13.3. The number of carboxylic acid groups (broad SMARTS) is 1. The van der Waals surface area contributed by atoms with E-state index in [1.54, 1.807) is 18.2 Å². The predicted octanol–water partition coefficient (Wildman–Crippen LogP) is 7.62. The van der Waals surface area contributed by atoms with E-state index in [9.17, 15) is 23.1 Å². The van der Waals surface area contributed by atoms with E-state index >= 15 is 0 Å². The fourth-order valence-electron chi connectivity index (χ4n) is 6.77. The van der Waals surface area contributed by atoms with Crippen LogP contribution >= 0.6 is 11.3 Å². The molecule has 12 heteroatoms. The minimum absolute atomic E-state index is 0.0463. The third-order valence-electron chi connectivity index (χ3n) is 8.83. The first kappa shape index (κ1) is 29.1. The Bertz CT molecular complexity index is 1700. The van der Waals surface area contributed by atoms with Crippen LogP contribution in [0.2, 0.25) is 0 Å². The number of aromatic carboxylic acids is 1. The summed E-state index contributed by atoms with van der Waals surface area (Å²) in [4.78, 5) is 19.1. The van der Waals surface area contributed by atoms with Crippen LogP contribution in [-0.2, 0) is 12.7 Å². The van der Waals surface area contributed by atoms with Crippen molar-refractivity contribution in [2.24, 2.45) is 0 Å². The highest BCUT2D eigenvalue weighted by Gasteiger charge is 2.43. The molecule has 1 aliphatic carbocycles. The van der Waals surface area contributed by atoms with Crippen LogP contribution in [0.5, 0.6) is 5.75 Å². The van der Waals surface area contributed by atoms with Crippen molar-refractivity contribution in [1.29, 1.82) is 0 Å². The number of carbonyl (C=O) groups is 1. The Morgan fingerprint density at radius 2 is 1.89 bits per heavy atom. The van der Waals surface area contributed by atoms with Gasteiger partial charge in [0.25, 0.3) is 0 Å². The van der Waals surface area contributed by atoms with Gasteiger partial charge in [-0.25, -0.2) is 9.78 Å². The summed E-state index contributed by atoms with van der Waals surface area (Å²) in [7, 11) is 0. The van der Waals surface area contributed by atoms with E-state index < -0.39 is 17.7 Å². The maximum absolute atomic E-state index is 13.9. The number of hydrogen-bond donors (Lipinski definition) is 2. The molecule has 3 fully saturated rings. The Labute approximate surface area is 256 Å². The van der Waals surface area contributed by atoms with Crippen LogP contribution < -0.4 is 15.0 Å². The van der Waals surface area contributed by atoms with E-state index in [4.69, 9.17) is 14.2 Å². The number of nitrogens with one attached hydrogen (secondary N) is 1. The van der Waals surface area contributed by atoms with Crippen molar-refractivity contribution in [1.82, 2.24) is 15.5 Å². The molecule has 3 aliphatic rings. The maximum atomic E-state index is 13.9. The maximum Gasteiger partial charge on any atom is 0.417 e. The van der Waals surface area contributed by atoms with Gasteiger partial charge in [-0.15, -0.1) is 0 Å². The number of ether oxygens (including phenoxy) is 1. The van der Waals surface area contributed by atoms with E-state index in [1.165, 1.54) is 23.5 Å². The molecule has 4 heterocycles. The highest BCUT2D eigenvalue weighted by Crippen LogP contribution is 2.47. The average molecular weight is 627 g/mol. The Morgan fingerprint density at radius 3 is 2.55 bits per heavy atom. The normalized spacial score (nSPS) is 21.9. The minimum Gasteiger partial charge on any atom is -0.489 e. The number of benzene rings is 2. The van der Waals surface area contributed by atoms with Crippen molar-refractivity contribution in [3.05, 3.63) is 58.8 Å². The fraction of sp³-hybridized carbons (Fsp3) is 0.469. The number of carboxylic acids is 1. The first-order chi connectivity index (χ1) is 21.1. The van der Waals surface area contributed by atoms with Crippen LogP contribution in [0.25, 0.3) is 21.5 Å². The van der Waals surface area contributed by atoms with Gasteiger partial charge in [-0.3, -0.25) is 0 Å². The summed E-state index contributed by atoms with van der Waals surface area (Å²) in [6, 6.07) is 9.42. The zero-order valence-corrected chi connectivity index (χ0v) is 25.2. The molecule has 44 heavy (non-hydrogen) atoms. The SMILES string of the molecule is CC(C)Oc1cc(C(=O)O)cc2sc(N3C4CCC3CC(NCc3c(-c5ccccc5C(F)(F)F)noc3C3CC3)C4)nc12. The second kappa shape index (κ2) is 11.1. The number of rotatable bonds is 9. The van der Waals surface area contributed by atoms with Gasteiger partial charge in [0.1, 0.15) is 22.7 Å². The molecule has 0 spiro atoms. The van der Waals surface area contributed by atoms with Gasteiger partial charge < -0.3 is 24.6 Å². The number of fused-ring (bicyclic) bond motifs is 3. The van der Waals surface area contributed by atoms with Crippen molar-refractivity contribution in [2.75, 3.05) is 4.90 Å². The number of aromatic nitrogens is 2. The fourth-order valence-corrected chi connectivity index (χ4v) is 7.94. The van der Waals surface area contributed by atoms with Crippen molar-refractivity contribution in [2.45, 2.75) is 95.2 Å². The molecule has 2 saturated heterocycles. The lowest BCUT2D eigenvalue weighted by Crippen LogP contribution is -2.49. The van der Waals surface area contributed by atoms with Gasteiger partial charge in [-0.1, -0.05) is 34.7 Å². The minimum atomic E-state index is -4.50. The molecular weight excluding hydrogens is 593 g/mol. The van der Waals surface area contributed by atoms with E-state index in [2.05, 4.69) is 15.4 Å². The Morgan fingerprint density at radius 1 is 1.16 bits per heavy atom. The molecule has 2 N–H and O–H groups in total. The van der Waals surface area contributed by atoms with Gasteiger partial charge in [-0.2, -0.15) is 13.2 Å². The Kier molecular flexibility index (Phi) is 7.31. The molecule has 8 nitrogen and oxygen atoms in total. The van der Waals surface area contributed by atoms with Crippen molar-refractivity contribution >= 4 is 32.7 Å². The van der Waals surface area contributed by atoms with Gasteiger partial charge in [0.15, 0.2) is 5.13 Å². The molecule has 1 saturated carbocycles. The molecule has 2 bridgehead atoms. The number of anilines is 1. The molecule has 2 aliphatic heterocycles. The molecule has 2 atom stereocenters. The van der Waals surface area contributed by atoms with E-state index in [0.29, 0.717) is 23.6 Å². The zero-order chi connectivity index (χ0) is 30.7. The highest BCUT2D eigenvalue weighted by atomic mass is 32.1. The third kappa shape index (κ3) is 5.42. The quantitative estimate of drug-likeness (QED) is 0.196. The number of halogens is 3. The molecular formula is C32H33F3N4O4S. The zero-order valence-electron chi connectivity index (χ0n) is 24.4. The van der Waals surface area contributed by atoms with Crippen LogP contribution in [0.4, 0.5) is 18.3 Å². The van der Waals surface area contributed by atoms with Crippen LogP contribution in [0.1, 0.15) is 85.5 Å². The average Bonchev–Trinajstić information content (AvgIpc) is 3.48. The molecule has 232 valence electrons. The van der Waals surface area contributed by atoms with Gasteiger partial charge in [0.2, 0.25) is 0 Å². The Balaban J connectivity index is 1.12. The van der Waals surface area contributed by atoms with Crippen molar-refractivity contribution in [3.63, 3.8) is 0 Å². The summed E-state index contributed by atoms with van der Waals surface area (Å²) in [6.07, 6.45) is 1.03. The summed E-state index contributed by atoms with van der Waals surface area (Å²) >= 11 is 1.49. The lowest BCUT2D eigenvalue weighted by molar-refractivity contribution is -0.137. The molecule has 2 unspecified atom stereocenters. The number of alkyl halides is 3. The number of nitrogens with zero attached hydrogens (tertiary/aromatic N) is 3. The second-order valence-electron chi connectivity index (χ2n) is 12.3. The lowest BCUT2D eigenvalue weighted by atomic mass is 9.96. The summed E-state index contributed by atoms with van der Waals surface area (Å²) in [6.45, 7) is 4.18. The van der Waals surface area contributed by atoms with Gasteiger partial charge in [-0.05, 0) is 70.6 Å². The lowest BCUT2D eigenvalue weighted by Gasteiger charge is -2.39. The number of hydrogen-bond acceptors (Lipinski definition) is 8. The molecule has 2 aromatic heterocycles. The third-order valence-corrected chi connectivity index (χ3v) is 9.85. The standard InChI is InChI=1S/C32H33F3N4O4S/c1-16(2)42-25-11-18(30(40)41)12-26-28(25)37-31(44-26)39-20-9-10-21(39)14-19(13-20)36-15-23-27(38-43-29(23)17-7-8-17)22-5-3-4-6-24(22)32(33,34)35/h3-6,11-12,16-17,19-21,36H,7-10,13-15H2,1-2H3,(H,40,41). The molecule has 4 aromatic rings. The van der Waals surface area contributed by atoms with Gasteiger partial charge in [0.05, 0.1) is 21.9 Å². The monoisotopic (exact) mass is 626 g/mol. The van der Waals surface area contributed by atoms with E-state index in [1.807, 2.05) is 13.8 Å². The van der Waals surface area contributed by atoms with Gasteiger partial charge in [0, 0.05) is 41.7 Å². The Hall–Kier alpha value is -3.64. The summed E-state index contributed by atoms with van der Waals surface area (Å²) in [5.41, 5.74) is 1.17. The highest BCUT2D eigenvalue weighted by molar-refractivity contribution is 7.22. The van der Waals surface area contributed by atoms with Crippen molar-refractivity contribution in [3.8, 4) is 17.0 Å². The summed E-state index contributed by atoms with van der Waals surface area (Å²) < 4.78 is 54.0. The van der Waals surface area contributed by atoms with Crippen LogP contribution in [-0.4, -0.2) is 45.4 Å². The summed E-state index contributed by atoms with van der Waals surface area (Å²) in [5.74, 6) is 0.364. The molecule has 7 rings (SSSR count). The van der Waals surface area contributed by atoms with Crippen LogP contribution in [0.15, 0.2) is 40.9 Å². The number of piperidine rings is 1. The molecule has 0 amide bonds. The first-order valence-electron chi connectivity index (χ1n) is 15.1. The summed E-state index contributed by atoms with van der Waals surface area (Å²) in [5, 5.41) is 18.3. The van der Waals surface area contributed by atoms with E-state index in [-0.39, 0.29) is 47.0 Å². The largest absolute Gasteiger partial charge is 0.489 e. The molecule has 2 aromatic carbocycles. The van der Waals surface area contributed by atoms with E-state index in [0.717, 1.165) is 60.0 Å². The topological polar surface area (TPSA) is 101 Å². The van der Waals surface area contributed by atoms with Crippen molar-refractivity contribution < 1.29 is 32.3 Å². The smallest absolute Gasteiger partial charge is 0.417 e. The molecule has 0 radical (unpaired) electrons.